The van der Waals surface area contributed by atoms with Gasteiger partial charge in [0, 0.05) is 19.7 Å². The number of carboxylic acids is 1. The number of hydrogen-bond donors (Lipinski definition) is 2. The number of likely N-dealkylation sites (tertiary alicyclic amines) is 1. The van der Waals surface area contributed by atoms with Crippen molar-refractivity contribution in [3.63, 3.8) is 0 Å². The molecule has 1 heterocycles. The lowest BCUT2D eigenvalue weighted by Crippen LogP contribution is -2.49. The van der Waals surface area contributed by atoms with Crippen LogP contribution in [0.3, 0.4) is 0 Å². The highest BCUT2D eigenvalue weighted by Crippen LogP contribution is 2.21. The van der Waals surface area contributed by atoms with E-state index in [0.717, 1.165) is 0 Å². The monoisotopic (exact) mass is 336 g/mol. The number of ether oxygens (including phenoxy) is 1. The molecule has 0 radical (unpaired) electrons. The van der Waals surface area contributed by atoms with Gasteiger partial charge in [0.05, 0.1) is 24.8 Å². The molecule has 9 heteroatoms. The maximum absolute atomic E-state index is 12.1. The van der Waals surface area contributed by atoms with Crippen LogP contribution >= 0.6 is 0 Å². The summed E-state index contributed by atoms with van der Waals surface area (Å²) in [5.74, 6) is -2.06. The van der Waals surface area contributed by atoms with E-state index in [-0.39, 0.29) is 31.4 Å². The number of carbonyl (C=O) groups excluding carboxylic acids is 1. The van der Waals surface area contributed by atoms with E-state index >= 15 is 0 Å². The van der Waals surface area contributed by atoms with E-state index in [1.807, 2.05) is 6.92 Å². The molecule has 2 atom stereocenters. The Kier molecular flexibility index (Phi) is 7.24. The summed E-state index contributed by atoms with van der Waals surface area (Å²) in [5.41, 5.74) is 0. The summed E-state index contributed by atoms with van der Waals surface area (Å²) in [6.07, 6.45) is 0.527. The van der Waals surface area contributed by atoms with Gasteiger partial charge < -0.3 is 14.7 Å². The summed E-state index contributed by atoms with van der Waals surface area (Å²) in [7, 11) is -3.57. The van der Waals surface area contributed by atoms with E-state index in [2.05, 4.69) is 4.72 Å². The summed E-state index contributed by atoms with van der Waals surface area (Å²) in [4.78, 5) is 24.5. The van der Waals surface area contributed by atoms with Crippen LogP contribution in [0.15, 0.2) is 0 Å². The van der Waals surface area contributed by atoms with Crippen LogP contribution in [0.5, 0.6) is 0 Å². The first kappa shape index (κ1) is 18.9. The second-order valence-corrected chi connectivity index (χ2v) is 7.44. The SMILES string of the molecule is CCOCCS(=O)(=O)NCC(=O)N1CC(C)CC(C(=O)O)C1. The van der Waals surface area contributed by atoms with Gasteiger partial charge in [0.15, 0.2) is 0 Å². The van der Waals surface area contributed by atoms with Gasteiger partial charge in [0.1, 0.15) is 0 Å². The highest BCUT2D eigenvalue weighted by atomic mass is 32.2. The first-order valence-corrected chi connectivity index (χ1v) is 8.96. The van der Waals surface area contributed by atoms with Gasteiger partial charge >= 0.3 is 5.97 Å². The normalized spacial score (nSPS) is 22.5. The maximum Gasteiger partial charge on any atom is 0.308 e. The van der Waals surface area contributed by atoms with Crippen molar-refractivity contribution in [1.82, 2.24) is 9.62 Å². The molecule has 0 aromatic carbocycles. The lowest BCUT2D eigenvalue weighted by molar-refractivity contribution is -0.146. The fourth-order valence-corrected chi connectivity index (χ4v) is 3.23. The van der Waals surface area contributed by atoms with E-state index in [9.17, 15) is 18.0 Å². The second kappa shape index (κ2) is 8.44. The van der Waals surface area contributed by atoms with E-state index < -0.39 is 27.8 Å². The molecule has 8 nitrogen and oxygen atoms in total. The predicted octanol–water partition coefficient (Wildman–Crippen LogP) is -0.488. The summed E-state index contributed by atoms with van der Waals surface area (Å²) in [6, 6.07) is 0. The molecule has 1 rings (SSSR count). The molecule has 1 aliphatic heterocycles. The Balaban J connectivity index is 2.49. The lowest BCUT2D eigenvalue weighted by atomic mass is 9.90. The van der Waals surface area contributed by atoms with Crippen molar-refractivity contribution >= 4 is 21.9 Å². The van der Waals surface area contributed by atoms with Gasteiger partial charge in [-0.3, -0.25) is 9.59 Å². The molecule has 2 N–H and O–H groups in total. The number of aliphatic carboxylic acids is 1. The molecule has 1 aliphatic rings. The fraction of sp³-hybridized carbons (Fsp3) is 0.846. The minimum atomic E-state index is -3.57. The molecular weight excluding hydrogens is 312 g/mol. The molecule has 2 unspecified atom stereocenters. The first-order chi connectivity index (χ1) is 10.2. The lowest BCUT2D eigenvalue weighted by Gasteiger charge is -2.34. The first-order valence-electron chi connectivity index (χ1n) is 7.30. The van der Waals surface area contributed by atoms with Crippen molar-refractivity contribution in [2.75, 3.05) is 38.6 Å². The molecule has 0 aromatic heterocycles. The number of piperidine rings is 1. The maximum atomic E-state index is 12.1. The third kappa shape index (κ3) is 6.29. The molecule has 128 valence electrons. The van der Waals surface area contributed by atoms with Crippen molar-refractivity contribution < 1.29 is 27.9 Å². The third-order valence-electron chi connectivity index (χ3n) is 3.51. The molecule has 1 amide bonds. The Morgan fingerprint density at radius 1 is 1.36 bits per heavy atom. The topological polar surface area (TPSA) is 113 Å². The smallest absolute Gasteiger partial charge is 0.308 e. The van der Waals surface area contributed by atoms with E-state index in [0.29, 0.717) is 19.6 Å². The van der Waals surface area contributed by atoms with Crippen LogP contribution in [0.4, 0.5) is 0 Å². The molecule has 0 spiro atoms. The third-order valence-corrected chi connectivity index (χ3v) is 4.79. The van der Waals surface area contributed by atoms with Crippen molar-refractivity contribution in [2.24, 2.45) is 11.8 Å². The van der Waals surface area contributed by atoms with Crippen LogP contribution in [-0.4, -0.2) is 68.9 Å². The van der Waals surface area contributed by atoms with Crippen molar-refractivity contribution in [3.8, 4) is 0 Å². The van der Waals surface area contributed by atoms with Gasteiger partial charge in [-0.05, 0) is 19.3 Å². The van der Waals surface area contributed by atoms with E-state index in [1.54, 1.807) is 6.92 Å². The Labute approximate surface area is 130 Å². The fourth-order valence-electron chi connectivity index (χ4n) is 2.40. The molecule has 22 heavy (non-hydrogen) atoms. The Morgan fingerprint density at radius 2 is 2.05 bits per heavy atom. The van der Waals surface area contributed by atoms with Crippen LogP contribution in [0, 0.1) is 11.8 Å². The molecule has 0 aliphatic carbocycles. The number of nitrogens with one attached hydrogen (secondary N) is 1. The molecule has 1 fully saturated rings. The van der Waals surface area contributed by atoms with E-state index in [1.165, 1.54) is 4.90 Å². The average molecular weight is 336 g/mol. The Hall–Kier alpha value is -1.19. The van der Waals surface area contributed by atoms with E-state index in [4.69, 9.17) is 9.84 Å². The van der Waals surface area contributed by atoms with Gasteiger partial charge in [-0.1, -0.05) is 6.92 Å². The number of carboxylic acid groups (broad SMARTS) is 1. The Bertz CT molecular complexity index is 493. The number of carbonyl (C=O) groups is 2. The number of rotatable bonds is 8. The van der Waals surface area contributed by atoms with Gasteiger partial charge in [-0.2, -0.15) is 0 Å². The van der Waals surface area contributed by atoms with Crippen molar-refractivity contribution in [3.05, 3.63) is 0 Å². The summed E-state index contributed by atoms with van der Waals surface area (Å²) >= 11 is 0. The van der Waals surface area contributed by atoms with Crippen LogP contribution < -0.4 is 4.72 Å². The minimum Gasteiger partial charge on any atom is -0.481 e. The van der Waals surface area contributed by atoms with Crippen LogP contribution in [0.25, 0.3) is 0 Å². The number of hydrogen-bond acceptors (Lipinski definition) is 5. The number of amides is 1. The average Bonchev–Trinajstić information content (AvgIpc) is 2.44. The quantitative estimate of drug-likeness (QED) is 0.578. The van der Waals surface area contributed by atoms with Gasteiger partial charge in [0.2, 0.25) is 15.9 Å². The molecule has 0 saturated carbocycles. The molecule has 0 bridgehead atoms. The standard InChI is InChI=1S/C13H24N2O6S/c1-3-21-4-5-22(19,20)14-7-12(16)15-8-10(2)6-11(9-15)13(17)18/h10-11,14H,3-9H2,1-2H3,(H,17,18). The zero-order valence-electron chi connectivity index (χ0n) is 12.9. The molecule has 0 aromatic rings. The highest BCUT2D eigenvalue weighted by Gasteiger charge is 2.32. The van der Waals surface area contributed by atoms with Gasteiger partial charge in [-0.25, -0.2) is 13.1 Å². The molecular formula is C13H24N2O6S. The van der Waals surface area contributed by atoms with Crippen LogP contribution in [0.2, 0.25) is 0 Å². The summed E-state index contributed by atoms with van der Waals surface area (Å²) < 4.78 is 30.5. The molecule has 1 saturated heterocycles. The van der Waals surface area contributed by atoms with Gasteiger partial charge in [-0.15, -0.1) is 0 Å². The summed E-state index contributed by atoms with van der Waals surface area (Å²) in [5, 5.41) is 9.07. The number of nitrogens with zero attached hydrogens (tertiary/aromatic N) is 1. The summed E-state index contributed by atoms with van der Waals surface area (Å²) in [6.45, 7) is 4.36. The highest BCUT2D eigenvalue weighted by molar-refractivity contribution is 7.89. The zero-order valence-corrected chi connectivity index (χ0v) is 13.8. The predicted molar refractivity (Wildman–Crippen MR) is 79.8 cm³/mol. The minimum absolute atomic E-state index is 0.0713. The van der Waals surface area contributed by atoms with Crippen molar-refractivity contribution in [1.29, 1.82) is 0 Å². The van der Waals surface area contributed by atoms with Gasteiger partial charge in [0.25, 0.3) is 0 Å². The van der Waals surface area contributed by atoms with Crippen LogP contribution in [0.1, 0.15) is 20.3 Å². The Morgan fingerprint density at radius 3 is 2.64 bits per heavy atom. The zero-order chi connectivity index (χ0) is 16.8. The number of sulfonamides is 1. The largest absolute Gasteiger partial charge is 0.481 e. The van der Waals surface area contributed by atoms with Crippen LogP contribution in [-0.2, 0) is 24.3 Å². The van der Waals surface area contributed by atoms with Crippen molar-refractivity contribution in [2.45, 2.75) is 20.3 Å². The second-order valence-electron chi connectivity index (χ2n) is 5.51.